The summed E-state index contributed by atoms with van der Waals surface area (Å²) in [6.45, 7) is 2.44. The number of carboxylic acids is 1. The number of rotatable bonds is 6. The highest BCUT2D eigenvalue weighted by Gasteiger charge is 2.26. The number of piperidine rings is 1. The average molecular weight is 327 g/mol. The molecule has 1 aliphatic heterocycles. The molecule has 1 saturated heterocycles. The van der Waals surface area contributed by atoms with Gasteiger partial charge in [-0.3, -0.25) is 13.9 Å². The quantitative estimate of drug-likeness (QED) is 0.800. The minimum absolute atomic E-state index is 0.0104. The molecular weight excluding hydrogens is 306 g/mol. The highest BCUT2D eigenvalue weighted by atomic mass is 32.2. The third-order valence-electron chi connectivity index (χ3n) is 3.81. The summed E-state index contributed by atoms with van der Waals surface area (Å²) < 4.78 is 29.5. The van der Waals surface area contributed by atoms with Crippen molar-refractivity contribution in [2.24, 2.45) is 0 Å². The summed E-state index contributed by atoms with van der Waals surface area (Å²) in [7, 11) is -3.80. The standard InChI is InChI=1S/C15H21NO5S/c1-12-5-7-14(8-6-12)22(19,20)21-11-13-4-2-3-9-16(13)10-15(17)18/h5-8,13H,2-4,9-11H2,1H3,(H,17,18). The molecule has 0 radical (unpaired) electrons. The van der Waals surface area contributed by atoms with Crippen LogP contribution >= 0.6 is 0 Å². The van der Waals surface area contributed by atoms with Crippen LogP contribution in [0.25, 0.3) is 0 Å². The summed E-state index contributed by atoms with van der Waals surface area (Å²) in [5, 5.41) is 8.91. The maximum atomic E-state index is 12.2. The van der Waals surface area contributed by atoms with Crippen molar-refractivity contribution in [2.45, 2.75) is 37.1 Å². The topological polar surface area (TPSA) is 83.9 Å². The van der Waals surface area contributed by atoms with Gasteiger partial charge in [0.1, 0.15) is 0 Å². The van der Waals surface area contributed by atoms with Gasteiger partial charge in [0.2, 0.25) is 0 Å². The monoisotopic (exact) mass is 327 g/mol. The Morgan fingerprint density at radius 3 is 2.64 bits per heavy atom. The van der Waals surface area contributed by atoms with Crippen LogP contribution in [0.5, 0.6) is 0 Å². The molecule has 1 aromatic carbocycles. The lowest BCUT2D eigenvalue weighted by atomic mass is 10.0. The van der Waals surface area contributed by atoms with Gasteiger partial charge in [-0.15, -0.1) is 0 Å². The molecule has 1 fully saturated rings. The number of aliphatic carboxylic acids is 1. The normalized spacial score (nSPS) is 20.0. The Morgan fingerprint density at radius 2 is 2.00 bits per heavy atom. The Kier molecular flexibility index (Phi) is 5.55. The molecule has 1 heterocycles. The van der Waals surface area contributed by atoms with E-state index in [1.54, 1.807) is 17.0 Å². The Balaban J connectivity index is 2.00. The van der Waals surface area contributed by atoms with Crippen LogP contribution < -0.4 is 0 Å². The SMILES string of the molecule is Cc1ccc(S(=O)(=O)OCC2CCCCN2CC(=O)O)cc1. The van der Waals surface area contributed by atoms with Crippen LogP contribution in [0.15, 0.2) is 29.2 Å². The molecule has 6 nitrogen and oxygen atoms in total. The number of carboxylic acid groups (broad SMARTS) is 1. The highest BCUT2D eigenvalue weighted by molar-refractivity contribution is 7.86. The van der Waals surface area contributed by atoms with Gasteiger partial charge in [-0.1, -0.05) is 24.1 Å². The molecule has 1 atom stereocenters. The van der Waals surface area contributed by atoms with Crippen LogP contribution in [0.4, 0.5) is 0 Å². The van der Waals surface area contributed by atoms with Crippen LogP contribution in [-0.4, -0.2) is 50.1 Å². The number of carbonyl (C=O) groups is 1. The summed E-state index contributed by atoms with van der Waals surface area (Å²) in [5.41, 5.74) is 0.971. The maximum absolute atomic E-state index is 12.2. The molecular formula is C15H21NO5S. The van der Waals surface area contributed by atoms with Crippen molar-refractivity contribution < 1.29 is 22.5 Å². The number of nitrogens with zero attached hydrogens (tertiary/aromatic N) is 1. The lowest BCUT2D eigenvalue weighted by Gasteiger charge is -2.33. The van der Waals surface area contributed by atoms with E-state index in [0.29, 0.717) is 6.54 Å². The van der Waals surface area contributed by atoms with Crippen LogP contribution in [0, 0.1) is 6.92 Å². The molecule has 122 valence electrons. The van der Waals surface area contributed by atoms with Gasteiger partial charge in [-0.2, -0.15) is 8.42 Å². The second-order valence-electron chi connectivity index (χ2n) is 5.57. The molecule has 0 aromatic heterocycles. The van der Waals surface area contributed by atoms with Crippen LogP contribution in [0.2, 0.25) is 0 Å². The van der Waals surface area contributed by atoms with Crippen molar-refractivity contribution in [1.29, 1.82) is 0 Å². The molecule has 22 heavy (non-hydrogen) atoms. The zero-order chi connectivity index (χ0) is 16.2. The van der Waals surface area contributed by atoms with E-state index >= 15 is 0 Å². The third kappa shape index (κ3) is 4.53. The van der Waals surface area contributed by atoms with E-state index in [1.807, 2.05) is 6.92 Å². The second-order valence-corrected chi connectivity index (χ2v) is 7.18. The number of likely N-dealkylation sites (tertiary alicyclic amines) is 1. The lowest BCUT2D eigenvalue weighted by Crippen LogP contribution is -2.45. The van der Waals surface area contributed by atoms with Crippen molar-refractivity contribution >= 4 is 16.1 Å². The predicted octanol–water partition coefficient (Wildman–Crippen LogP) is 1.64. The Morgan fingerprint density at radius 1 is 1.32 bits per heavy atom. The van der Waals surface area contributed by atoms with Gasteiger partial charge in [0.05, 0.1) is 18.0 Å². The minimum atomic E-state index is -3.80. The molecule has 2 rings (SSSR count). The number of benzene rings is 1. The van der Waals surface area contributed by atoms with Gasteiger partial charge < -0.3 is 5.11 Å². The molecule has 1 aliphatic rings. The molecule has 0 bridgehead atoms. The molecule has 0 spiro atoms. The van der Waals surface area contributed by atoms with Gasteiger partial charge in [0.15, 0.2) is 0 Å². The number of hydrogen-bond donors (Lipinski definition) is 1. The highest BCUT2D eigenvalue weighted by Crippen LogP contribution is 2.20. The first-order valence-corrected chi connectivity index (χ1v) is 8.71. The van der Waals surface area contributed by atoms with Crippen molar-refractivity contribution in [2.75, 3.05) is 19.7 Å². The van der Waals surface area contributed by atoms with E-state index in [0.717, 1.165) is 24.8 Å². The fraction of sp³-hybridized carbons (Fsp3) is 0.533. The largest absolute Gasteiger partial charge is 0.480 e. The molecule has 1 aromatic rings. The molecule has 0 saturated carbocycles. The second kappa shape index (κ2) is 7.21. The average Bonchev–Trinajstić information content (AvgIpc) is 2.46. The summed E-state index contributed by atoms with van der Waals surface area (Å²) in [5.74, 6) is -0.909. The van der Waals surface area contributed by atoms with Gasteiger partial charge in [0.25, 0.3) is 10.1 Å². The number of hydrogen-bond acceptors (Lipinski definition) is 5. The van der Waals surface area contributed by atoms with Gasteiger partial charge in [-0.05, 0) is 38.4 Å². The van der Waals surface area contributed by atoms with Gasteiger partial charge in [-0.25, -0.2) is 0 Å². The van der Waals surface area contributed by atoms with Crippen molar-refractivity contribution in [3.63, 3.8) is 0 Å². The molecule has 1 unspecified atom stereocenters. The summed E-state index contributed by atoms with van der Waals surface area (Å²) in [4.78, 5) is 12.8. The Labute approximate surface area is 130 Å². The van der Waals surface area contributed by atoms with Crippen LogP contribution in [0.3, 0.4) is 0 Å². The van der Waals surface area contributed by atoms with Gasteiger partial charge >= 0.3 is 5.97 Å². The Bertz CT molecular complexity index is 611. The lowest BCUT2D eigenvalue weighted by molar-refractivity contribution is -0.139. The Hall–Kier alpha value is -1.44. The third-order valence-corrected chi connectivity index (χ3v) is 5.11. The predicted molar refractivity (Wildman–Crippen MR) is 81.2 cm³/mol. The van der Waals surface area contributed by atoms with E-state index in [-0.39, 0.29) is 24.1 Å². The van der Waals surface area contributed by atoms with Crippen molar-refractivity contribution in [1.82, 2.24) is 4.90 Å². The first kappa shape index (κ1) is 16.9. The molecule has 7 heteroatoms. The van der Waals surface area contributed by atoms with Crippen molar-refractivity contribution in [3.8, 4) is 0 Å². The fourth-order valence-electron chi connectivity index (χ4n) is 2.57. The van der Waals surface area contributed by atoms with E-state index in [4.69, 9.17) is 9.29 Å². The smallest absolute Gasteiger partial charge is 0.317 e. The van der Waals surface area contributed by atoms with E-state index in [2.05, 4.69) is 0 Å². The van der Waals surface area contributed by atoms with Crippen LogP contribution in [-0.2, 0) is 19.1 Å². The summed E-state index contributed by atoms with van der Waals surface area (Å²) in [6.07, 6.45) is 2.62. The summed E-state index contributed by atoms with van der Waals surface area (Å²) >= 11 is 0. The first-order chi connectivity index (χ1) is 10.4. The van der Waals surface area contributed by atoms with E-state index < -0.39 is 16.1 Å². The minimum Gasteiger partial charge on any atom is -0.480 e. The first-order valence-electron chi connectivity index (χ1n) is 7.30. The molecule has 0 amide bonds. The zero-order valence-electron chi connectivity index (χ0n) is 12.6. The van der Waals surface area contributed by atoms with Crippen LogP contribution in [0.1, 0.15) is 24.8 Å². The van der Waals surface area contributed by atoms with Gasteiger partial charge in [0, 0.05) is 6.04 Å². The zero-order valence-corrected chi connectivity index (χ0v) is 13.4. The van der Waals surface area contributed by atoms with Crippen molar-refractivity contribution in [3.05, 3.63) is 29.8 Å². The summed E-state index contributed by atoms with van der Waals surface area (Å²) in [6, 6.07) is 6.28. The maximum Gasteiger partial charge on any atom is 0.317 e. The van der Waals surface area contributed by atoms with E-state index in [9.17, 15) is 13.2 Å². The molecule has 1 N–H and O–H groups in total. The van der Waals surface area contributed by atoms with E-state index in [1.165, 1.54) is 12.1 Å². The fourth-order valence-corrected chi connectivity index (χ4v) is 3.51. The number of aryl methyl sites for hydroxylation is 1. The molecule has 0 aliphatic carbocycles.